The third kappa shape index (κ3) is 3.69. The summed E-state index contributed by atoms with van der Waals surface area (Å²) in [6.45, 7) is -6.20. The molecule has 1 aromatic rings. The SMILES string of the molecule is O=C(O)c1c(OCC(F)(F)F)c(Cl)c(Cl)c2c1O[B-](O)(O)CO2. The molecule has 0 fully saturated rings. The van der Waals surface area contributed by atoms with Crippen molar-refractivity contribution in [2.75, 3.05) is 13.1 Å². The predicted octanol–water partition coefficient (Wildman–Crippen LogP) is 1.87. The van der Waals surface area contributed by atoms with Crippen molar-refractivity contribution in [1.29, 1.82) is 0 Å². The molecule has 1 heterocycles. The van der Waals surface area contributed by atoms with Gasteiger partial charge >= 0.3 is 18.9 Å². The van der Waals surface area contributed by atoms with Gasteiger partial charge in [-0.2, -0.15) is 13.2 Å². The molecule has 0 saturated heterocycles. The molecule has 23 heavy (non-hydrogen) atoms. The zero-order valence-corrected chi connectivity index (χ0v) is 12.4. The molecule has 0 atom stereocenters. The lowest BCUT2D eigenvalue weighted by Crippen LogP contribution is -2.51. The maximum absolute atomic E-state index is 12.3. The lowest BCUT2D eigenvalue weighted by atomic mass is 9.80. The van der Waals surface area contributed by atoms with E-state index in [2.05, 4.69) is 9.39 Å². The smallest absolute Gasteiger partial charge is 0.467 e. The number of ether oxygens (including phenoxy) is 2. The van der Waals surface area contributed by atoms with Gasteiger partial charge < -0.3 is 29.3 Å². The monoisotopic (exact) mass is 377 g/mol. The molecule has 7 nitrogen and oxygen atoms in total. The van der Waals surface area contributed by atoms with Crippen molar-refractivity contribution in [1.82, 2.24) is 0 Å². The molecule has 3 N–H and O–H groups in total. The first kappa shape index (κ1) is 17.8. The fraction of sp³-hybridized carbons (Fsp3) is 0.300. The van der Waals surface area contributed by atoms with E-state index < -0.39 is 64.9 Å². The molecule has 0 spiro atoms. The minimum absolute atomic E-state index is 0.450. The minimum atomic E-state index is -4.78. The molecule has 1 aromatic carbocycles. The summed E-state index contributed by atoms with van der Waals surface area (Å²) in [4.78, 5) is 11.3. The zero-order chi connectivity index (χ0) is 17.6. The molecule has 128 valence electrons. The molecule has 2 rings (SSSR count). The van der Waals surface area contributed by atoms with Crippen LogP contribution in [0.4, 0.5) is 13.2 Å². The lowest BCUT2D eigenvalue weighted by molar-refractivity contribution is -0.153. The normalized spacial score (nSPS) is 16.1. The summed E-state index contributed by atoms with van der Waals surface area (Å²) in [6.07, 6.45) is -4.78. The Balaban J connectivity index is 2.62. The van der Waals surface area contributed by atoms with Crippen LogP contribution in [-0.4, -0.2) is 47.2 Å². The molecule has 0 radical (unpaired) electrons. The van der Waals surface area contributed by atoms with Crippen LogP contribution in [0.3, 0.4) is 0 Å². The highest BCUT2D eigenvalue weighted by Gasteiger charge is 2.39. The molecule has 1 aliphatic rings. The molecule has 0 bridgehead atoms. The summed E-state index contributed by atoms with van der Waals surface area (Å²) in [5.41, 5.74) is -0.979. The first-order valence-electron chi connectivity index (χ1n) is 5.83. The number of rotatable bonds is 3. The van der Waals surface area contributed by atoms with E-state index in [4.69, 9.17) is 27.9 Å². The maximum Gasteiger partial charge on any atom is 0.467 e. The van der Waals surface area contributed by atoms with Gasteiger partial charge in [-0.25, -0.2) is 4.79 Å². The molecular formula is C10H7BCl2F3O7-. The number of alkyl halides is 3. The number of fused-ring (bicyclic) bond motifs is 1. The summed E-state index contributed by atoms with van der Waals surface area (Å²) >= 11 is 11.5. The van der Waals surface area contributed by atoms with Crippen molar-refractivity contribution in [2.45, 2.75) is 6.18 Å². The van der Waals surface area contributed by atoms with Crippen LogP contribution in [0.25, 0.3) is 0 Å². The van der Waals surface area contributed by atoms with Crippen LogP contribution in [0.15, 0.2) is 0 Å². The maximum atomic E-state index is 12.3. The van der Waals surface area contributed by atoms with E-state index >= 15 is 0 Å². The number of carboxylic acid groups (broad SMARTS) is 1. The largest absolute Gasteiger partial charge is 0.665 e. The fourth-order valence-corrected chi connectivity index (χ4v) is 2.23. The Morgan fingerprint density at radius 3 is 2.39 bits per heavy atom. The zero-order valence-electron chi connectivity index (χ0n) is 10.9. The van der Waals surface area contributed by atoms with E-state index in [1.165, 1.54) is 0 Å². The summed E-state index contributed by atoms with van der Waals surface area (Å²) < 4.78 is 50.8. The number of halogens is 5. The van der Waals surface area contributed by atoms with Crippen molar-refractivity contribution >= 4 is 35.9 Å². The summed E-state index contributed by atoms with van der Waals surface area (Å²) in [5.74, 6) is -3.97. The van der Waals surface area contributed by atoms with Gasteiger partial charge in [-0.05, 0) is 0 Å². The van der Waals surface area contributed by atoms with E-state index in [1.807, 2.05) is 0 Å². The fourth-order valence-electron chi connectivity index (χ4n) is 1.77. The summed E-state index contributed by atoms with van der Waals surface area (Å²) in [7, 11) is 0. The molecule has 1 aliphatic heterocycles. The van der Waals surface area contributed by atoms with E-state index in [-0.39, 0.29) is 0 Å². The first-order valence-corrected chi connectivity index (χ1v) is 6.58. The molecule has 0 unspecified atom stereocenters. The van der Waals surface area contributed by atoms with Gasteiger partial charge in [0.1, 0.15) is 21.4 Å². The summed E-state index contributed by atoms with van der Waals surface area (Å²) in [5, 5.41) is 26.9. The average molecular weight is 378 g/mol. The Bertz CT molecular complexity index is 665. The van der Waals surface area contributed by atoms with Gasteiger partial charge in [0.15, 0.2) is 18.1 Å². The minimum Gasteiger partial charge on any atom is -0.665 e. The van der Waals surface area contributed by atoms with Crippen LogP contribution >= 0.6 is 23.2 Å². The number of aromatic carboxylic acids is 1. The number of hydrogen-bond acceptors (Lipinski definition) is 6. The van der Waals surface area contributed by atoms with Crippen LogP contribution in [0.2, 0.25) is 10.0 Å². The Morgan fingerprint density at radius 2 is 1.87 bits per heavy atom. The van der Waals surface area contributed by atoms with Crippen molar-refractivity contribution in [3.8, 4) is 17.2 Å². The second kappa shape index (κ2) is 5.82. The molecule has 0 aromatic heterocycles. The highest BCUT2D eigenvalue weighted by molar-refractivity contribution is 6.59. The average Bonchev–Trinajstić information content (AvgIpc) is 2.38. The number of benzene rings is 1. The molecule has 13 heteroatoms. The van der Waals surface area contributed by atoms with Gasteiger partial charge in [-0.3, -0.25) is 0 Å². The van der Waals surface area contributed by atoms with E-state index in [0.29, 0.717) is 0 Å². The second-order valence-electron chi connectivity index (χ2n) is 4.49. The van der Waals surface area contributed by atoms with Gasteiger partial charge in [-0.1, -0.05) is 23.2 Å². The highest BCUT2D eigenvalue weighted by Crippen LogP contribution is 2.51. The molecule has 0 amide bonds. The number of hydrogen-bond donors (Lipinski definition) is 3. The van der Waals surface area contributed by atoms with Crippen LogP contribution in [-0.2, 0) is 0 Å². The van der Waals surface area contributed by atoms with Gasteiger partial charge in [0.2, 0.25) is 0 Å². The Labute approximate surface area is 136 Å². The van der Waals surface area contributed by atoms with Crippen molar-refractivity contribution < 1.29 is 47.2 Å². The van der Waals surface area contributed by atoms with Gasteiger partial charge in [0, 0.05) is 0 Å². The first-order chi connectivity index (χ1) is 10.4. The highest BCUT2D eigenvalue weighted by atomic mass is 35.5. The Morgan fingerprint density at radius 1 is 1.26 bits per heavy atom. The van der Waals surface area contributed by atoms with E-state index in [0.717, 1.165) is 0 Å². The Kier molecular flexibility index (Phi) is 4.50. The van der Waals surface area contributed by atoms with Crippen LogP contribution in [0, 0.1) is 0 Å². The third-order valence-electron chi connectivity index (χ3n) is 2.60. The number of carbonyl (C=O) groups is 1. The van der Waals surface area contributed by atoms with Crippen LogP contribution in [0.1, 0.15) is 10.4 Å². The van der Waals surface area contributed by atoms with Gasteiger partial charge in [0.05, 0.1) is 6.51 Å². The molecular weight excluding hydrogens is 371 g/mol. The van der Waals surface area contributed by atoms with Gasteiger partial charge in [-0.15, -0.1) is 0 Å². The van der Waals surface area contributed by atoms with E-state index in [1.54, 1.807) is 0 Å². The third-order valence-corrected chi connectivity index (χ3v) is 3.42. The quantitative estimate of drug-likeness (QED) is 0.690. The van der Waals surface area contributed by atoms with Gasteiger partial charge in [0.25, 0.3) is 0 Å². The summed E-state index contributed by atoms with van der Waals surface area (Å²) in [6, 6.07) is 0. The standard InChI is InChI=1S/C10H7BCl2F3O7/c12-4-5(13)8-7(23-11(19,20)2-22-8)3(9(17)18)6(4)21-1-10(14,15)16/h19-20H,1-2H2,(H,17,18)/q-1. The van der Waals surface area contributed by atoms with Crippen LogP contribution < -0.4 is 14.1 Å². The number of carboxylic acids is 1. The van der Waals surface area contributed by atoms with Crippen molar-refractivity contribution in [3.63, 3.8) is 0 Å². The lowest BCUT2D eigenvalue weighted by Gasteiger charge is -2.37. The molecule has 0 saturated carbocycles. The van der Waals surface area contributed by atoms with Crippen LogP contribution in [0.5, 0.6) is 17.2 Å². The predicted molar refractivity (Wildman–Crippen MR) is 71.3 cm³/mol. The topological polar surface area (TPSA) is 105 Å². The molecule has 0 aliphatic carbocycles. The van der Waals surface area contributed by atoms with E-state index in [9.17, 15) is 33.1 Å². The van der Waals surface area contributed by atoms with Crippen molar-refractivity contribution in [2.24, 2.45) is 0 Å². The van der Waals surface area contributed by atoms with Crippen molar-refractivity contribution in [3.05, 3.63) is 15.6 Å². The Hall–Kier alpha value is -1.56. The second-order valence-corrected chi connectivity index (χ2v) is 5.24.